The summed E-state index contributed by atoms with van der Waals surface area (Å²) in [6.07, 6.45) is 0. The van der Waals surface area contributed by atoms with Crippen LogP contribution in [0.1, 0.15) is 12.5 Å². The smallest absolute Gasteiger partial charge is 0.279 e. The van der Waals surface area contributed by atoms with Crippen LogP contribution in [-0.2, 0) is 11.3 Å². The molecule has 3 rings (SSSR count). The van der Waals surface area contributed by atoms with Gasteiger partial charge in [-0.2, -0.15) is 0 Å². The van der Waals surface area contributed by atoms with Crippen LogP contribution in [0, 0.1) is 0 Å². The maximum Gasteiger partial charge on any atom is 0.279 e. The quantitative estimate of drug-likeness (QED) is 0.651. The van der Waals surface area contributed by atoms with Crippen LogP contribution in [-0.4, -0.2) is 45.2 Å². The second-order valence-electron chi connectivity index (χ2n) is 6.99. The molecule has 2 aromatic carbocycles. The van der Waals surface area contributed by atoms with E-state index in [9.17, 15) is 4.79 Å². The molecule has 1 heterocycles. The van der Waals surface area contributed by atoms with Crippen molar-refractivity contribution in [2.45, 2.75) is 13.5 Å². The lowest BCUT2D eigenvalue weighted by Gasteiger charge is -2.29. The Hall–Kier alpha value is -2.08. The zero-order valence-electron chi connectivity index (χ0n) is 15.8. The number of piperazine rings is 1. The first kappa shape index (κ1) is 19.7. The molecule has 0 aliphatic carbocycles. The van der Waals surface area contributed by atoms with Gasteiger partial charge < -0.3 is 19.9 Å². The van der Waals surface area contributed by atoms with Gasteiger partial charge in [0.1, 0.15) is 38.5 Å². The second-order valence-corrected chi connectivity index (χ2v) is 7.43. The van der Waals surface area contributed by atoms with E-state index < -0.39 is 0 Å². The van der Waals surface area contributed by atoms with E-state index in [2.05, 4.69) is 11.4 Å². The number of halogens is 1. The van der Waals surface area contributed by atoms with Crippen LogP contribution in [0.3, 0.4) is 0 Å². The molecule has 1 saturated heterocycles. The van der Waals surface area contributed by atoms with Gasteiger partial charge in [0, 0.05) is 16.3 Å². The molecule has 1 aliphatic rings. The molecule has 0 aromatic heterocycles. The minimum absolute atomic E-state index is 0.0625. The van der Waals surface area contributed by atoms with Crippen molar-refractivity contribution in [3.8, 4) is 5.75 Å². The van der Waals surface area contributed by atoms with Crippen LogP contribution in [0.4, 0.5) is 5.69 Å². The fourth-order valence-corrected chi connectivity index (χ4v) is 3.69. The molecule has 3 N–H and O–H groups in total. The van der Waals surface area contributed by atoms with Crippen LogP contribution in [0.2, 0.25) is 5.02 Å². The highest BCUT2D eigenvalue weighted by atomic mass is 35.5. The number of carbonyl (C=O) groups is 1. The van der Waals surface area contributed by atoms with E-state index in [-0.39, 0.29) is 5.91 Å². The summed E-state index contributed by atoms with van der Waals surface area (Å²) >= 11 is 6.07. The maximum absolute atomic E-state index is 12.3. The molecule has 1 amide bonds. The summed E-state index contributed by atoms with van der Waals surface area (Å²) in [5, 5.41) is 3.77. The Morgan fingerprint density at radius 3 is 2.44 bits per heavy atom. The minimum Gasteiger partial charge on any atom is -0.494 e. The first-order chi connectivity index (χ1) is 13.1. The number of amides is 1. The van der Waals surface area contributed by atoms with Crippen LogP contribution in [0.15, 0.2) is 48.5 Å². The number of anilines is 1. The van der Waals surface area contributed by atoms with Crippen molar-refractivity contribution in [3.63, 3.8) is 0 Å². The Morgan fingerprint density at radius 2 is 1.78 bits per heavy atom. The molecule has 0 spiro atoms. The Labute approximate surface area is 165 Å². The first-order valence-electron chi connectivity index (χ1n) is 9.56. The predicted octanol–water partition coefficient (Wildman–Crippen LogP) is 0.661. The van der Waals surface area contributed by atoms with Gasteiger partial charge >= 0.3 is 0 Å². The number of quaternary nitrogens is 2. The molecule has 0 unspecified atom stereocenters. The molecule has 1 fully saturated rings. The summed E-state index contributed by atoms with van der Waals surface area (Å²) in [7, 11) is 0. The summed E-state index contributed by atoms with van der Waals surface area (Å²) in [6, 6.07) is 15.6. The molecule has 6 heteroatoms. The highest BCUT2D eigenvalue weighted by molar-refractivity contribution is 6.30. The molecule has 2 aromatic rings. The molecule has 0 saturated carbocycles. The summed E-state index contributed by atoms with van der Waals surface area (Å²) < 4.78 is 5.42. The van der Waals surface area contributed by atoms with E-state index in [0.29, 0.717) is 13.2 Å². The van der Waals surface area contributed by atoms with Crippen molar-refractivity contribution in [3.05, 3.63) is 59.1 Å². The van der Waals surface area contributed by atoms with Gasteiger partial charge in [-0.1, -0.05) is 23.7 Å². The van der Waals surface area contributed by atoms with Crippen LogP contribution >= 0.6 is 11.6 Å². The molecule has 5 nitrogen and oxygen atoms in total. The highest BCUT2D eigenvalue weighted by Crippen LogP contribution is 2.15. The highest BCUT2D eigenvalue weighted by Gasteiger charge is 2.24. The average molecular weight is 390 g/mol. The Kier molecular flexibility index (Phi) is 7.10. The van der Waals surface area contributed by atoms with Crippen molar-refractivity contribution in [1.82, 2.24) is 0 Å². The van der Waals surface area contributed by atoms with Crippen molar-refractivity contribution < 1.29 is 19.3 Å². The van der Waals surface area contributed by atoms with Gasteiger partial charge in [0.15, 0.2) is 6.54 Å². The van der Waals surface area contributed by atoms with Crippen molar-refractivity contribution in [2.75, 3.05) is 44.6 Å². The zero-order chi connectivity index (χ0) is 19.1. The third-order valence-electron chi connectivity index (χ3n) is 4.87. The number of rotatable bonds is 7. The maximum atomic E-state index is 12.3. The summed E-state index contributed by atoms with van der Waals surface area (Å²) in [6.45, 7) is 8.24. The van der Waals surface area contributed by atoms with E-state index in [0.717, 1.165) is 49.2 Å². The minimum atomic E-state index is 0.0625. The Morgan fingerprint density at radius 1 is 1.07 bits per heavy atom. The third-order valence-corrected chi connectivity index (χ3v) is 5.10. The van der Waals surface area contributed by atoms with Crippen molar-refractivity contribution >= 4 is 23.2 Å². The number of benzene rings is 2. The SMILES string of the molecule is CCOc1ccc(NC(=O)C[NH+]2CC[NH+](Cc3cccc(Cl)c3)CC2)cc1. The monoisotopic (exact) mass is 389 g/mol. The summed E-state index contributed by atoms with van der Waals surface area (Å²) in [4.78, 5) is 15.2. The second kappa shape index (κ2) is 9.74. The molecule has 27 heavy (non-hydrogen) atoms. The zero-order valence-corrected chi connectivity index (χ0v) is 16.5. The fourth-order valence-electron chi connectivity index (χ4n) is 3.48. The van der Waals surface area contributed by atoms with Gasteiger partial charge in [0.25, 0.3) is 5.91 Å². The molecule has 0 radical (unpaired) electrons. The van der Waals surface area contributed by atoms with Crippen LogP contribution < -0.4 is 19.9 Å². The molecule has 1 aliphatic heterocycles. The summed E-state index contributed by atoms with van der Waals surface area (Å²) in [5.41, 5.74) is 2.09. The normalized spacial score (nSPS) is 19.5. The van der Waals surface area contributed by atoms with E-state index in [1.165, 1.54) is 10.5 Å². The molecular weight excluding hydrogens is 362 g/mol. The predicted molar refractivity (Wildman–Crippen MR) is 108 cm³/mol. The van der Waals surface area contributed by atoms with Gasteiger partial charge in [0.2, 0.25) is 0 Å². The molecule has 0 bridgehead atoms. The number of hydrogen-bond donors (Lipinski definition) is 3. The number of hydrogen-bond acceptors (Lipinski definition) is 2. The lowest BCUT2D eigenvalue weighted by atomic mass is 10.2. The molecule has 144 valence electrons. The van der Waals surface area contributed by atoms with E-state index in [1.54, 1.807) is 4.90 Å². The van der Waals surface area contributed by atoms with E-state index in [1.807, 2.05) is 49.4 Å². The number of nitrogens with one attached hydrogen (secondary N) is 3. The summed E-state index contributed by atoms with van der Waals surface area (Å²) in [5.74, 6) is 0.882. The van der Waals surface area contributed by atoms with Crippen molar-refractivity contribution in [1.29, 1.82) is 0 Å². The Bertz CT molecular complexity index is 743. The first-order valence-corrected chi connectivity index (χ1v) is 9.94. The van der Waals surface area contributed by atoms with Crippen molar-refractivity contribution in [2.24, 2.45) is 0 Å². The van der Waals surface area contributed by atoms with Gasteiger partial charge in [-0.15, -0.1) is 0 Å². The van der Waals surface area contributed by atoms with Gasteiger partial charge in [-0.05, 0) is 43.3 Å². The number of ether oxygens (including phenoxy) is 1. The van der Waals surface area contributed by atoms with Crippen LogP contribution in [0.25, 0.3) is 0 Å². The topological polar surface area (TPSA) is 47.2 Å². The third kappa shape index (κ3) is 6.24. The van der Waals surface area contributed by atoms with Gasteiger partial charge in [0.05, 0.1) is 6.61 Å². The lowest BCUT2D eigenvalue weighted by Crippen LogP contribution is -3.28. The molecule has 0 atom stereocenters. The lowest BCUT2D eigenvalue weighted by molar-refractivity contribution is -1.02. The largest absolute Gasteiger partial charge is 0.494 e. The van der Waals surface area contributed by atoms with E-state index in [4.69, 9.17) is 16.3 Å². The standard InChI is InChI=1S/C21H26ClN3O2/c1-2-27-20-8-6-19(7-9-20)23-21(26)16-25-12-10-24(11-13-25)15-17-4-3-5-18(22)14-17/h3-9,14H,2,10-13,15-16H2,1H3,(H,23,26)/p+2. The van der Waals surface area contributed by atoms with Gasteiger partial charge in [-0.25, -0.2) is 0 Å². The fraction of sp³-hybridized carbons (Fsp3) is 0.381. The average Bonchev–Trinajstić information content (AvgIpc) is 2.65. The van der Waals surface area contributed by atoms with Gasteiger partial charge in [-0.3, -0.25) is 4.79 Å². The number of carbonyl (C=O) groups excluding carboxylic acids is 1. The molecular formula is C21H28ClN3O2+2. The van der Waals surface area contributed by atoms with E-state index >= 15 is 0 Å². The Balaban J connectivity index is 1.41. The van der Waals surface area contributed by atoms with Crippen LogP contribution in [0.5, 0.6) is 5.75 Å².